The number of aromatic amines is 1. The average Bonchev–Trinajstić information content (AvgIpc) is 3.17. The molecule has 1 amide bonds. The number of nitrogens with one attached hydrogen (secondary N) is 3. The molecule has 0 atom stereocenters. The number of anilines is 2. The molecule has 0 bridgehead atoms. The maximum Gasteiger partial charge on any atom is 0.269 e. The van der Waals surface area contributed by atoms with Gasteiger partial charge in [0.15, 0.2) is 5.82 Å². The first-order chi connectivity index (χ1) is 10.3. The van der Waals surface area contributed by atoms with Crippen molar-refractivity contribution in [2.75, 3.05) is 12.4 Å². The smallest absolute Gasteiger partial charge is 0.269 e. The van der Waals surface area contributed by atoms with Crippen molar-refractivity contribution >= 4 is 17.5 Å². The maximum absolute atomic E-state index is 11.6. The summed E-state index contributed by atoms with van der Waals surface area (Å²) in [5, 5.41) is 13.1. The summed E-state index contributed by atoms with van der Waals surface area (Å²) >= 11 is 0. The van der Waals surface area contributed by atoms with Gasteiger partial charge in [-0.25, -0.2) is 4.98 Å². The van der Waals surface area contributed by atoms with E-state index in [1.54, 1.807) is 19.2 Å². The van der Waals surface area contributed by atoms with Crippen LogP contribution >= 0.6 is 0 Å². The third-order valence-corrected chi connectivity index (χ3v) is 3.86. The number of aromatic nitrogens is 3. The van der Waals surface area contributed by atoms with Crippen LogP contribution in [0.1, 0.15) is 47.8 Å². The quantitative estimate of drug-likeness (QED) is 0.806. The van der Waals surface area contributed by atoms with Crippen molar-refractivity contribution in [3.8, 4) is 0 Å². The molecule has 0 aliphatic heterocycles. The lowest BCUT2D eigenvalue weighted by Crippen LogP contribution is -2.19. The Hall–Kier alpha value is -2.37. The standard InChI is InChI=1S/C15H19N5O/c1-16-15(21)11-7-4-8-13(17-11)18-14-9-12(19-20-14)10-5-2-3-6-10/h4,7-10H,2-3,5-6H2,1H3,(H,16,21)(H2,17,18,19,20). The van der Waals surface area contributed by atoms with Gasteiger partial charge < -0.3 is 10.6 Å². The second-order valence-corrected chi connectivity index (χ2v) is 5.30. The van der Waals surface area contributed by atoms with Crippen molar-refractivity contribution in [2.45, 2.75) is 31.6 Å². The summed E-state index contributed by atoms with van der Waals surface area (Å²) < 4.78 is 0. The molecule has 1 aliphatic carbocycles. The third-order valence-electron chi connectivity index (χ3n) is 3.86. The molecule has 6 heteroatoms. The highest BCUT2D eigenvalue weighted by molar-refractivity contribution is 5.92. The van der Waals surface area contributed by atoms with Crippen LogP contribution in [0.25, 0.3) is 0 Å². The number of nitrogens with zero attached hydrogens (tertiary/aromatic N) is 2. The summed E-state index contributed by atoms with van der Waals surface area (Å²) in [5.41, 5.74) is 1.56. The maximum atomic E-state index is 11.6. The fraction of sp³-hybridized carbons (Fsp3) is 0.400. The number of pyridine rings is 1. The van der Waals surface area contributed by atoms with E-state index in [0.717, 1.165) is 5.82 Å². The lowest BCUT2D eigenvalue weighted by molar-refractivity contribution is 0.0958. The zero-order chi connectivity index (χ0) is 14.7. The Kier molecular flexibility index (Phi) is 3.85. The van der Waals surface area contributed by atoms with Crippen LogP contribution in [0.5, 0.6) is 0 Å². The molecule has 110 valence electrons. The summed E-state index contributed by atoms with van der Waals surface area (Å²) in [7, 11) is 1.59. The molecule has 0 radical (unpaired) electrons. The Labute approximate surface area is 123 Å². The first-order valence-electron chi connectivity index (χ1n) is 7.28. The second kappa shape index (κ2) is 5.95. The van der Waals surface area contributed by atoms with Gasteiger partial charge in [-0.05, 0) is 25.0 Å². The minimum Gasteiger partial charge on any atom is -0.354 e. The minimum atomic E-state index is -0.202. The fourth-order valence-electron chi connectivity index (χ4n) is 2.74. The number of carbonyl (C=O) groups is 1. The molecular formula is C15H19N5O. The highest BCUT2D eigenvalue weighted by Gasteiger charge is 2.19. The summed E-state index contributed by atoms with van der Waals surface area (Å²) in [6.07, 6.45) is 5.04. The largest absolute Gasteiger partial charge is 0.354 e. The highest BCUT2D eigenvalue weighted by atomic mass is 16.1. The normalized spacial score (nSPS) is 15.1. The molecule has 0 aromatic carbocycles. The Balaban J connectivity index is 1.73. The molecule has 0 unspecified atom stereocenters. The van der Waals surface area contributed by atoms with Crippen molar-refractivity contribution in [3.05, 3.63) is 35.7 Å². The van der Waals surface area contributed by atoms with Crippen LogP contribution in [-0.4, -0.2) is 28.1 Å². The number of hydrogen-bond acceptors (Lipinski definition) is 4. The Morgan fingerprint density at radius 3 is 2.86 bits per heavy atom. The van der Waals surface area contributed by atoms with E-state index in [1.807, 2.05) is 12.1 Å². The molecule has 2 aromatic heterocycles. The van der Waals surface area contributed by atoms with E-state index in [9.17, 15) is 4.79 Å². The number of hydrogen-bond donors (Lipinski definition) is 3. The second-order valence-electron chi connectivity index (χ2n) is 5.30. The van der Waals surface area contributed by atoms with Gasteiger partial charge in [-0.1, -0.05) is 18.9 Å². The highest BCUT2D eigenvalue weighted by Crippen LogP contribution is 2.33. The van der Waals surface area contributed by atoms with Crippen LogP contribution < -0.4 is 10.6 Å². The lowest BCUT2D eigenvalue weighted by Gasteiger charge is -2.05. The van der Waals surface area contributed by atoms with Gasteiger partial charge in [0, 0.05) is 24.7 Å². The first kappa shape index (κ1) is 13.6. The molecule has 1 aliphatic rings. The molecule has 1 fully saturated rings. The molecule has 3 N–H and O–H groups in total. The van der Waals surface area contributed by atoms with Crippen LogP contribution in [0.4, 0.5) is 11.6 Å². The van der Waals surface area contributed by atoms with E-state index in [-0.39, 0.29) is 5.91 Å². The number of carbonyl (C=O) groups excluding carboxylic acids is 1. The van der Waals surface area contributed by atoms with Crippen LogP contribution in [0.3, 0.4) is 0 Å². The average molecular weight is 285 g/mol. The van der Waals surface area contributed by atoms with Gasteiger partial charge in [0.1, 0.15) is 11.5 Å². The predicted molar refractivity (Wildman–Crippen MR) is 80.7 cm³/mol. The van der Waals surface area contributed by atoms with E-state index in [1.165, 1.54) is 31.4 Å². The SMILES string of the molecule is CNC(=O)c1cccc(Nc2cc(C3CCCC3)[nH]n2)n1. The van der Waals surface area contributed by atoms with E-state index in [0.29, 0.717) is 17.4 Å². The predicted octanol–water partition coefficient (Wildman–Crippen LogP) is 2.57. The van der Waals surface area contributed by atoms with Crippen molar-refractivity contribution in [1.82, 2.24) is 20.5 Å². The lowest BCUT2D eigenvalue weighted by atomic mass is 10.0. The summed E-state index contributed by atoms with van der Waals surface area (Å²) in [4.78, 5) is 15.8. The number of rotatable bonds is 4. The first-order valence-corrected chi connectivity index (χ1v) is 7.28. The molecule has 21 heavy (non-hydrogen) atoms. The van der Waals surface area contributed by atoms with Gasteiger partial charge in [0.05, 0.1) is 0 Å². The molecule has 2 aromatic rings. The van der Waals surface area contributed by atoms with Crippen molar-refractivity contribution in [2.24, 2.45) is 0 Å². The Morgan fingerprint density at radius 2 is 2.10 bits per heavy atom. The Bertz CT molecular complexity index is 630. The van der Waals surface area contributed by atoms with Gasteiger partial charge in [-0.2, -0.15) is 5.10 Å². The zero-order valence-corrected chi connectivity index (χ0v) is 12.0. The van der Waals surface area contributed by atoms with E-state index in [2.05, 4.69) is 25.8 Å². The number of H-pyrrole nitrogens is 1. The topological polar surface area (TPSA) is 82.7 Å². The molecule has 1 saturated carbocycles. The van der Waals surface area contributed by atoms with Gasteiger partial charge in [-0.3, -0.25) is 9.89 Å². The number of amides is 1. The fourth-order valence-corrected chi connectivity index (χ4v) is 2.74. The van der Waals surface area contributed by atoms with Crippen LogP contribution in [-0.2, 0) is 0 Å². The van der Waals surface area contributed by atoms with E-state index >= 15 is 0 Å². The molecule has 2 heterocycles. The molecule has 0 saturated heterocycles. The van der Waals surface area contributed by atoms with Crippen molar-refractivity contribution in [3.63, 3.8) is 0 Å². The van der Waals surface area contributed by atoms with Gasteiger partial charge in [0.2, 0.25) is 0 Å². The van der Waals surface area contributed by atoms with Crippen LogP contribution in [0.15, 0.2) is 24.3 Å². The van der Waals surface area contributed by atoms with Crippen LogP contribution in [0, 0.1) is 0 Å². The summed E-state index contributed by atoms with van der Waals surface area (Å²) in [6.45, 7) is 0. The Morgan fingerprint density at radius 1 is 1.29 bits per heavy atom. The van der Waals surface area contributed by atoms with Crippen molar-refractivity contribution in [1.29, 1.82) is 0 Å². The van der Waals surface area contributed by atoms with Crippen LogP contribution in [0.2, 0.25) is 0 Å². The molecule has 6 nitrogen and oxygen atoms in total. The summed E-state index contributed by atoms with van der Waals surface area (Å²) in [6, 6.07) is 7.32. The zero-order valence-electron chi connectivity index (χ0n) is 12.0. The summed E-state index contributed by atoms with van der Waals surface area (Å²) in [5.74, 6) is 1.74. The molecular weight excluding hydrogens is 266 g/mol. The van der Waals surface area contributed by atoms with Crippen molar-refractivity contribution < 1.29 is 4.79 Å². The van der Waals surface area contributed by atoms with E-state index in [4.69, 9.17) is 0 Å². The monoisotopic (exact) mass is 285 g/mol. The minimum absolute atomic E-state index is 0.202. The van der Waals surface area contributed by atoms with Gasteiger partial charge in [-0.15, -0.1) is 0 Å². The third kappa shape index (κ3) is 3.04. The van der Waals surface area contributed by atoms with Gasteiger partial charge in [0.25, 0.3) is 5.91 Å². The van der Waals surface area contributed by atoms with E-state index < -0.39 is 0 Å². The van der Waals surface area contributed by atoms with Gasteiger partial charge >= 0.3 is 0 Å². The molecule has 3 rings (SSSR count). The molecule has 0 spiro atoms.